The third-order valence-electron chi connectivity index (χ3n) is 4.44. The van der Waals surface area contributed by atoms with Gasteiger partial charge in [-0.2, -0.15) is 4.98 Å². The number of oxazole rings is 1. The smallest absolute Gasteiger partial charge is 0.236 e. The van der Waals surface area contributed by atoms with Crippen molar-refractivity contribution in [3.63, 3.8) is 0 Å². The minimum Gasteiger partial charge on any atom is -0.419 e. The van der Waals surface area contributed by atoms with Crippen molar-refractivity contribution in [2.45, 2.75) is 22.8 Å². The number of aromatic nitrogens is 1. The van der Waals surface area contributed by atoms with Crippen molar-refractivity contribution in [2.24, 2.45) is 0 Å². The number of benzene rings is 2. The Hall–Kier alpha value is -2.74. The van der Waals surface area contributed by atoms with Crippen LogP contribution in [0.25, 0.3) is 11.5 Å². The summed E-state index contributed by atoms with van der Waals surface area (Å²) >= 11 is 0. The number of halogens is 2. The van der Waals surface area contributed by atoms with Gasteiger partial charge in [-0.25, -0.2) is 17.2 Å². The minimum absolute atomic E-state index is 0.0664. The van der Waals surface area contributed by atoms with Crippen LogP contribution in [0.1, 0.15) is 12.8 Å². The second kappa shape index (κ2) is 6.77. The SMILES string of the molecule is O=S(=O)(c1ccc(F)cc1)c1nc(-c2ccc(F)cc2)oc1N1CCCC1. The first kappa shape index (κ1) is 17.7. The summed E-state index contributed by atoms with van der Waals surface area (Å²) in [6.45, 7) is 1.31. The van der Waals surface area contributed by atoms with Gasteiger partial charge in [-0.1, -0.05) is 0 Å². The van der Waals surface area contributed by atoms with Gasteiger partial charge >= 0.3 is 0 Å². The summed E-state index contributed by atoms with van der Waals surface area (Å²) in [5.41, 5.74) is 0.470. The molecular formula is C19H16F2N2O3S. The summed E-state index contributed by atoms with van der Waals surface area (Å²) in [5, 5.41) is -0.213. The molecular weight excluding hydrogens is 374 g/mol. The van der Waals surface area contributed by atoms with Gasteiger partial charge in [0.15, 0.2) is 0 Å². The maximum absolute atomic E-state index is 13.2. The number of hydrogen-bond donors (Lipinski definition) is 0. The fourth-order valence-corrected chi connectivity index (χ4v) is 4.36. The lowest BCUT2D eigenvalue weighted by atomic mass is 10.2. The molecule has 0 N–H and O–H groups in total. The topological polar surface area (TPSA) is 63.4 Å². The Morgan fingerprint density at radius 1 is 0.889 bits per heavy atom. The van der Waals surface area contributed by atoms with Crippen LogP contribution in [0.2, 0.25) is 0 Å². The zero-order valence-electron chi connectivity index (χ0n) is 14.2. The van der Waals surface area contributed by atoms with Gasteiger partial charge in [0.2, 0.25) is 26.6 Å². The van der Waals surface area contributed by atoms with Gasteiger partial charge in [0.25, 0.3) is 0 Å². The summed E-state index contributed by atoms with van der Waals surface area (Å²) in [6, 6.07) is 10.0. The standard InChI is InChI=1S/C19H16F2N2O3S/c20-14-5-3-13(4-6-14)17-22-18(19(26-17)23-11-1-2-12-23)27(24,25)16-9-7-15(21)8-10-16/h3-10H,1-2,11-12H2. The van der Waals surface area contributed by atoms with Gasteiger partial charge in [-0.05, 0) is 61.4 Å². The molecule has 1 aromatic heterocycles. The monoisotopic (exact) mass is 390 g/mol. The number of nitrogens with zero attached hydrogens (tertiary/aromatic N) is 2. The highest BCUT2D eigenvalue weighted by Gasteiger charge is 2.32. The lowest BCUT2D eigenvalue weighted by Crippen LogP contribution is -2.19. The molecule has 5 nitrogen and oxygen atoms in total. The largest absolute Gasteiger partial charge is 0.419 e. The zero-order valence-corrected chi connectivity index (χ0v) is 15.0. The van der Waals surface area contributed by atoms with Crippen molar-refractivity contribution in [2.75, 3.05) is 18.0 Å². The molecule has 0 spiro atoms. The Morgan fingerprint density at radius 2 is 1.44 bits per heavy atom. The molecule has 8 heteroatoms. The molecule has 0 unspecified atom stereocenters. The van der Waals surface area contributed by atoms with E-state index < -0.39 is 21.5 Å². The summed E-state index contributed by atoms with van der Waals surface area (Å²) in [7, 11) is -4.01. The molecule has 1 saturated heterocycles. The molecule has 1 aliphatic heterocycles. The minimum atomic E-state index is -4.01. The van der Waals surface area contributed by atoms with Crippen molar-refractivity contribution in [1.82, 2.24) is 4.98 Å². The van der Waals surface area contributed by atoms with E-state index in [1.54, 1.807) is 0 Å². The van der Waals surface area contributed by atoms with E-state index in [9.17, 15) is 17.2 Å². The van der Waals surface area contributed by atoms with Gasteiger partial charge in [-0.15, -0.1) is 0 Å². The highest BCUT2D eigenvalue weighted by atomic mass is 32.2. The molecule has 0 aliphatic carbocycles. The van der Waals surface area contributed by atoms with Gasteiger partial charge < -0.3 is 9.32 Å². The molecule has 4 rings (SSSR count). The molecule has 1 aliphatic rings. The Labute approximate surface area is 155 Å². The molecule has 0 bridgehead atoms. The number of sulfone groups is 1. The predicted molar refractivity (Wildman–Crippen MR) is 95.2 cm³/mol. The maximum atomic E-state index is 13.2. The second-order valence-corrected chi connectivity index (χ2v) is 8.15. The van der Waals surface area contributed by atoms with E-state index in [1.807, 2.05) is 4.90 Å². The van der Waals surface area contributed by atoms with Crippen LogP contribution >= 0.6 is 0 Å². The van der Waals surface area contributed by atoms with E-state index in [0.717, 1.165) is 25.0 Å². The Kier molecular flexibility index (Phi) is 4.43. The second-order valence-electron chi connectivity index (χ2n) is 6.29. The highest BCUT2D eigenvalue weighted by molar-refractivity contribution is 7.91. The van der Waals surface area contributed by atoms with Gasteiger partial charge in [0, 0.05) is 18.7 Å². The van der Waals surface area contributed by atoms with Crippen LogP contribution in [-0.2, 0) is 9.84 Å². The highest BCUT2D eigenvalue weighted by Crippen LogP contribution is 2.36. The average molecular weight is 390 g/mol. The molecule has 0 amide bonds. The van der Waals surface area contributed by atoms with Crippen LogP contribution in [0.5, 0.6) is 0 Å². The first-order valence-electron chi connectivity index (χ1n) is 8.47. The van der Waals surface area contributed by atoms with Crippen molar-refractivity contribution < 1.29 is 21.6 Å². The average Bonchev–Trinajstić information content (AvgIpc) is 3.32. The van der Waals surface area contributed by atoms with Crippen LogP contribution in [-0.4, -0.2) is 26.5 Å². The molecule has 140 valence electrons. The molecule has 0 radical (unpaired) electrons. The molecule has 27 heavy (non-hydrogen) atoms. The lowest BCUT2D eigenvalue weighted by Gasteiger charge is -2.14. The third kappa shape index (κ3) is 3.32. The number of hydrogen-bond acceptors (Lipinski definition) is 5. The van der Waals surface area contributed by atoms with Crippen molar-refractivity contribution >= 4 is 15.7 Å². The first-order valence-corrected chi connectivity index (χ1v) is 9.96. The van der Waals surface area contributed by atoms with Gasteiger partial charge in [0.1, 0.15) is 11.6 Å². The van der Waals surface area contributed by atoms with E-state index in [0.29, 0.717) is 18.7 Å². The van der Waals surface area contributed by atoms with Crippen molar-refractivity contribution in [1.29, 1.82) is 0 Å². The van der Waals surface area contributed by atoms with E-state index in [-0.39, 0.29) is 21.7 Å². The summed E-state index contributed by atoms with van der Waals surface area (Å²) in [4.78, 5) is 5.98. The van der Waals surface area contributed by atoms with Crippen LogP contribution in [0.3, 0.4) is 0 Å². The molecule has 2 heterocycles. The molecule has 1 fully saturated rings. The molecule has 0 atom stereocenters. The fourth-order valence-electron chi connectivity index (χ4n) is 3.03. The van der Waals surface area contributed by atoms with Crippen LogP contribution < -0.4 is 4.90 Å². The first-order chi connectivity index (χ1) is 12.9. The van der Waals surface area contributed by atoms with E-state index >= 15 is 0 Å². The predicted octanol–water partition coefficient (Wildman–Crippen LogP) is 4.05. The zero-order chi connectivity index (χ0) is 19.0. The number of anilines is 1. The van der Waals surface area contributed by atoms with E-state index in [4.69, 9.17) is 4.42 Å². The van der Waals surface area contributed by atoms with Crippen LogP contribution in [0.4, 0.5) is 14.7 Å². The van der Waals surface area contributed by atoms with Crippen LogP contribution in [0, 0.1) is 11.6 Å². The summed E-state index contributed by atoms with van der Waals surface area (Å²) in [6.07, 6.45) is 1.84. The van der Waals surface area contributed by atoms with Gasteiger partial charge in [0.05, 0.1) is 4.90 Å². The lowest BCUT2D eigenvalue weighted by molar-refractivity contribution is 0.556. The maximum Gasteiger partial charge on any atom is 0.236 e. The van der Waals surface area contributed by atoms with Crippen LogP contribution in [0.15, 0.2) is 62.9 Å². The fraction of sp³-hybridized carbons (Fsp3) is 0.211. The quantitative estimate of drug-likeness (QED) is 0.629. The van der Waals surface area contributed by atoms with Crippen molar-refractivity contribution in [3.8, 4) is 11.5 Å². The van der Waals surface area contributed by atoms with Crippen molar-refractivity contribution in [3.05, 3.63) is 60.2 Å². The summed E-state index contributed by atoms with van der Waals surface area (Å²) in [5.74, 6) is -0.682. The van der Waals surface area contributed by atoms with Gasteiger partial charge in [-0.3, -0.25) is 0 Å². The normalized spacial score (nSPS) is 14.7. The van der Waals surface area contributed by atoms with E-state index in [2.05, 4.69) is 4.98 Å². The Morgan fingerprint density at radius 3 is 2.04 bits per heavy atom. The Balaban J connectivity index is 1.85. The van der Waals surface area contributed by atoms with E-state index in [1.165, 1.54) is 36.4 Å². The Bertz CT molecular complexity index is 1060. The summed E-state index contributed by atoms with van der Waals surface area (Å²) < 4.78 is 58.4. The molecule has 2 aromatic carbocycles. The third-order valence-corrected chi connectivity index (χ3v) is 6.11. The number of rotatable bonds is 4. The molecule has 3 aromatic rings. The molecule has 0 saturated carbocycles.